The zero-order valence-corrected chi connectivity index (χ0v) is 16.8. The number of piperidine rings is 1. The third-order valence-electron chi connectivity index (χ3n) is 5.00. The Bertz CT molecular complexity index is 676. The van der Waals surface area contributed by atoms with Gasteiger partial charge in [-0.25, -0.2) is 13.2 Å². The van der Waals surface area contributed by atoms with Crippen molar-refractivity contribution in [2.24, 2.45) is 5.92 Å². The first kappa shape index (κ1) is 21.6. The number of nitrogens with one attached hydrogen (secondary N) is 2. The molecule has 2 fully saturated rings. The van der Waals surface area contributed by atoms with E-state index in [9.17, 15) is 22.8 Å². The Morgan fingerprint density at radius 3 is 2.37 bits per heavy atom. The van der Waals surface area contributed by atoms with Crippen molar-refractivity contribution >= 4 is 27.8 Å². The van der Waals surface area contributed by atoms with Gasteiger partial charge in [0.25, 0.3) is 0 Å². The molecule has 2 atom stereocenters. The molecule has 10 nitrogen and oxygen atoms in total. The van der Waals surface area contributed by atoms with E-state index in [1.165, 1.54) is 23.2 Å². The number of ether oxygens (including phenoxy) is 1. The summed E-state index contributed by atoms with van der Waals surface area (Å²) < 4.78 is 29.6. The van der Waals surface area contributed by atoms with Crippen LogP contribution >= 0.6 is 0 Å². The summed E-state index contributed by atoms with van der Waals surface area (Å²) >= 11 is 0. The summed E-state index contributed by atoms with van der Waals surface area (Å²) in [6.07, 6.45) is 2.43. The first-order valence-corrected chi connectivity index (χ1v) is 10.8. The van der Waals surface area contributed by atoms with Gasteiger partial charge in [0.15, 0.2) is 0 Å². The van der Waals surface area contributed by atoms with Crippen LogP contribution in [0.3, 0.4) is 0 Å². The number of esters is 1. The van der Waals surface area contributed by atoms with Gasteiger partial charge in [0, 0.05) is 25.6 Å². The normalized spacial score (nSPS) is 23.5. The van der Waals surface area contributed by atoms with Gasteiger partial charge < -0.3 is 20.3 Å². The summed E-state index contributed by atoms with van der Waals surface area (Å²) in [5, 5.41) is 5.71. The molecule has 11 heteroatoms. The van der Waals surface area contributed by atoms with Crippen LogP contribution in [0.5, 0.6) is 0 Å². The lowest BCUT2D eigenvalue weighted by Crippen LogP contribution is -2.63. The third kappa shape index (κ3) is 5.39. The van der Waals surface area contributed by atoms with Gasteiger partial charge in [-0.3, -0.25) is 9.59 Å². The molecule has 0 aliphatic carbocycles. The smallest absolute Gasteiger partial charge is 0.328 e. The zero-order valence-electron chi connectivity index (χ0n) is 15.9. The molecule has 0 bridgehead atoms. The molecular formula is C16H28N4O6S. The molecule has 2 aliphatic rings. The maximum atomic E-state index is 13.0. The van der Waals surface area contributed by atoms with E-state index in [1.807, 2.05) is 0 Å². The molecule has 0 aromatic heterocycles. The number of sulfonamides is 1. The highest BCUT2D eigenvalue weighted by molar-refractivity contribution is 7.88. The van der Waals surface area contributed by atoms with Gasteiger partial charge in [-0.05, 0) is 32.9 Å². The number of carbonyl (C=O) groups is 3. The lowest BCUT2D eigenvalue weighted by atomic mass is 9.95. The number of hydrogen-bond acceptors (Lipinski definition) is 7. The van der Waals surface area contributed by atoms with Crippen molar-refractivity contribution in [2.45, 2.75) is 31.8 Å². The molecule has 0 spiro atoms. The number of hydrogen-bond donors (Lipinski definition) is 2. The quantitative estimate of drug-likeness (QED) is 0.515. The minimum absolute atomic E-state index is 0.130. The van der Waals surface area contributed by atoms with Crippen LogP contribution in [0, 0.1) is 5.92 Å². The standard InChI is InChI=1S/C16H28N4O6S/c1-11(16(23)26-2)18-14(21)13-10-19(27(3,24)25)8-9-20(13)15(22)12-4-6-17-7-5-12/h11-13,17H,4-10H2,1-3H3,(H,18,21)/t11-,13+/m1/s1. The number of amides is 2. The third-order valence-corrected chi connectivity index (χ3v) is 6.27. The van der Waals surface area contributed by atoms with Crippen LogP contribution in [-0.4, -0.2) is 93.6 Å². The summed E-state index contributed by atoms with van der Waals surface area (Å²) in [4.78, 5) is 38.8. The van der Waals surface area contributed by atoms with Gasteiger partial charge in [-0.1, -0.05) is 0 Å². The number of nitrogens with zero attached hydrogens (tertiary/aromatic N) is 2. The molecule has 2 heterocycles. The summed E-state index contributed by atoms with van der Waals surface area (Å²) in [6, 6.07) is -1.88. The van der Waals surface area contributed by atoms with Gasteiger partial charge >= 0.3 is 5.97 Å². The van der Waals surface area contributed by atoms with Crippen molar-refractivity contribution in [3.63, 3.8) is 0 Å². The molecule has 154 valence electrons. The molecule has 2 aliphatic heterocycles. The van der Waals surface area contributed by atoms with Crippen molar-refractivity contribution in [3.05, 3.63) is 0 Å². The fourth-order valence-corrected chi connectivity index (χ4v) is 4.22. The van der Waals surface area contributed by atoms with E-state index in [0.717, 1.165) is 19.3 Å². The highest BCUT2D eigenvalue weighted by atomic mass is 32.2. The van der Waals surface area contributed by atoms with E-state index in [0.29, 0.717) is 12.8 Å². The van der Waals surface area contributed by atoms with E-state index in [2.05, 4.69) is 15.4 Å². The van der Waals surface area contributed by atoms with E-state index in [4.69, 9.17) is 0 Å². The Morgan fingerprint density at radius 1 is 1.19 bits per heavy atom. The molecule has 0 aromatic rings. The molecule has 2 amide bonds. The van der Waals surface area contributed by atoms with Gasteiger partial charge in [0.2, 0.25) is 21.8 Å². The summed E-state index contributed by atoms with van der Waals surface area (Å²) in [7, 11) is -2.29. The van der Waals surface area contributed by atoms with Crippen LogP contribution in [0.2, 0.25) is 0 Å². The monoisotopic (exact) mass is 404 g/mol. The number of piperazine rings is 1. The molecule has 0 radical (unpaired) electrons. The Hall–Kier alpha value is -1.72. The molecule has 0 aromatic carbocycles. The average Bonchev–Trinajstić information content (AvgIpc) is 2.66. The summed E-state index contributed by atoms with van der Waals surface area (Å²) in [5.74, 6) is -1.52. The Morgan fingerprint density at radius 2 is 1.81 bits per heavy atom. The van der Waals surface area contributed by atoms with Crippen molar-refractivity contribution < 1.29 is 27.5 Å². The maximum absolute atomic E-state index is 13.0. The van der Waals surface area contributed by atoms with Crippen molar-refractivity contribution in [1.82, 2.24) is 19.8 Å². The summed E-state index contributed by atoms with van der Waals surface area (Å²) in [6.45, 7) is 3.09. The number of rotatable bonds is 5. The van der Waals surface area contributed by atoms with Crippen LogP contribution in [0.1, 0.15) is 19.8 Å². The number of methoxy groups -OCH3 is 1. The van der Waals surface area contributed by atoms with Crippen LogP contribution in [0.25, 0.3) is 0 Å². The molecule has 2 saturated heterocycles. The van der Waals surface area contributed by atoms with Gasteiger partial charge in [-0.15, -0.1) is 0 Å². The first-order valence-electron chi connectivity index (χ1n) is 8.99. The Labute approximate surface area is 159 Å². The largest absolute Gasteiger partial charge is 0.467 e. The molecule has 2 rings (SSSR count). The van der Waals surface area contributed by atoms with Crippen LogP contribution in [0.15, 0.2) is 0 Å². The fourth-order valence-electron chi connectivity index (χ4n) is 3.40. The number of carbonyl (C=O) groups excluding carboxylic acids is 3. The van der Waals surface area contributed by atoms with Crippen molar-refractivity contribution in [2.75, 3.05) is 46.1 Å². The second-order valence-electron chi connectivity index (χ2n) is 6.95. The van der Waals surface area contributed by atoms with Gasteiger partial charge in [-0.2, -0.15) is 4.31 Å². The van der Waals surface area contributed by atoms with E-state index < -0.39 is 34.0 Å². The Balaban J connectivity index is 2.18. The topological polar surface area (TPSA) is 125 Å². The molecule has 2 N–H and O–H groups in total. The Kier molecular flexibility index (Phi) is 7.18. The zero-order chi connectivity index (χ0) is 20.2. The lowest BCUT2D eigenvalue weighted by molar-refractivity contribution is -0.149. The van der Waals surface area contributed by atoms with Crippen LogP contribution in [-0.2, 0) is 29.1 Å². The lowest BCUT2D eigenvalue weighted by Gasteiger charge is -2.41. The summed E-state index contributed by atoms with van der Waals surface area (Å²) in [5.41, 5.74) is 0. The minimum Gasteiger partial charge on any atom is -0.467 e. The highest BCUT2D eigenvalue weighted by Crippen LogP contribution is 2.21. The first-order chi connectivity index (χ1) is 12.6. The fraction of sp³-hybridized carbons (Fsp3) is 0.812. The highest BCUT2D eigenvalue weighted by Gasteiger charge is 2.40. The molecule has 0 unspecified atom stereocenters. The van der Waals surface area contributed by atoms with Crippen LogP contribution < -0.4 is 10.6 Å². The van der Waals surface area contributed by atoms with E-state index in [-0.39, 0.29) is 31.5 Å². The van der Waals surface area contributed by atoms with Gasteiger partial charge in [0.1, 0.15) is 12.1 Å². The van der Waals surface area contributed by atoms with E-state index in [1.54, 1.807) is 0 Å². The second kappa shape index (κ2) is 8.98. The maximum Gasteiger partial charge on any atom is 0.328 e. The van der Waals surface area contributed by atoms with E-state index >= 15 is 0 Å². The van der Waals surface area contributed by atoms with Crippen LogP contribution in [0.4, 0.5) is 0 Å². The molecule has 27 heavy (non-hydrogen) atoms. The SMILES string of the molecule is COC(=O)[C@@H](C)NC(=O)[C@@H]1CN(S(C)(=O)=O)CCN1C(=O)C1CCNCC1. The average molecular weight is 404 g/mol. The molecular weight excluding hydrogens is 376 g/mol. The predicted octanol–water partition coefficient (Wildman–Crippen LogP) is -1.86. The molecule has 0 saturated carbocycles. The van der Waals surface area contributed by atoms with Crippen molar-refractivity contribution in [1.29, 1.82) is 0 Å². The minimum atomic E-state index is -3.50. The van der Waals surface area contributed by atoms with Crippen molar-refractivity contribution in [3.8, 4) is 0 Å². The van der Waals surface area contributed by atoms with Gasteiger partial charge in [0.05, 0.1) is 13.4 Å². The second-order valence-corrected chi connectivity index (χ2v) is 8.93. The predicted molar refractivity (Wildman–Crippen MR) is 97.1 cm³/mol.